The van der Waals surface area contributed by atoms with Gasteiger partial charge in [-0.2, -0.15) is 23.5 Å². The first-order valence-corrected chi connectivity index (χ1v) is 8.03. The molecule has 0 spiro atoms. The summed E-state index contributed by atoms with van der Waals surface area (Å²) in [7, 11) is 0. The van der Waals surface area contributed by atoms with Gasteiger partial charge >= 0.3 is 0 Å². The van der Waals surface area contributed by atoms with Crippen molar-refractivity contribution in [3.05, 3.63) is 0 Å². The van der Waals surface area contributed by atoms with E-state index in [0.29, 0.717) is 0 Å². The Morgan fingerprint density at radius 3 is 2.21 bits per heavy atom. The van der Waals surface area contributed by atoms with E-state index in [1.807, 2.05) is 0 Å². The first-order valence-electron chi connectivity index (χ1n) is 5.93. The molecule has 0 aromatic heterocycles. The lowest BCUT2D eigenvalue weighted by Gasteiger charge is -2.14. The van der Waals surface area contributed by atoms with Gasteiger partial charge in [0.05, 0.1) is 0 Å². The highest BCUT2D eigenvalue weighted by Crippen LogP contribution is 2.22. The quantitative estimate of drug-likeness (QED) is 0.524. The minimum absolute atomic E-state index is 0.804. The number of rotatable bonds is 9. The van der Waals surface area contributed by atoms with Crippen LogP contribution in [0.1, 0.15) is 53.4 Å². The first-order chi connectivity index (χ1) is 6.70. The molecule has 0 saturated heterocycles. The largest absolute Gasteiger partial charge is 0.159 e. The second-order valence-electron chi connectivity index (χ2n) is 3.96. The third-order valence-corrected chi connectivity index (χ3v) is 5.01. The molecule has 0 aliphatic carbocycles. The van der Waals surface area contributed by atoms with Crippen molar-refractivity contribution in [3.63, 3.8) is 0 Å². The maximum absolute atomic E-state index is 2.32. The molecular weight excluding hydrogens is 208 g/mol. The van der Waals surface area contributed by atoms with Crippen molar-refractivity contribution in [1.29, 1.82) is 0 Å². The van der Waals surface area contributed by atoms with E-state index in [1.165, 1.54) is 37.2 Å². The molecule has 0 aliphatic rings. The van der Waals surface area contributed by atoms with Crippen LogP contribution in [0.5, 0.6) is 0 Å². The predicted octanol–water partition coefficient (Wildman–Crippen LogP) is 4.83. The molecule has 0 aromatic rings. The van der Waals surface area contributed by atoms with Gasteiger partial charge in [0.25, 0.3) is 0 Å². The summed E-state index contributed by atoms with van der Waals surface area (Å²) in [6, 6.07) is 0. The van der Waals surface area contributed by atoms with Crippen LogP contribution in [-0.4, -0.2) is 22.0 Å². The van der Waals surface area contributed by atoms with Crippen LogP contribution < -0.4 is 0 Å². The van der Waals surface area contributed by atoms with Crippen molar-refractivity contribution >= 4 is 23.5 Å². The van der Waals surface area contributed by atoms with Crippen LogP contribution in [0.25, 0.3) is 0 Å². The average molecular weight is 234 g/mol. The van der Waals surface area contributed by atoms with Gasteiger partial charge < -0.3 is 0 Å². The highest BCUT2D eigenvalue weighted by atomic mass is 32.2. The van der Waals surface area contributed by atoms with E-state index < -0.39 is 0 Å². The maximum Gasteiger partial charge on any atom is 0.00447 e. The fraction of sp³-hybridized carbons (Fsp3) is 1.00. The van der Waals surface area contributed by atoms with Crippen molar-refractivity contribution < 1.29 is 0 Å². The van der Waals surface area contributed by atoms with Gasteiger partial charge in [0, 0.05) is 5.25 Å². The van der Waals surface area contributed by atoms with Gasteiger partial charge in [0.15, 0.2) is 0 Å². The molecule has 0 rings (SSSR count). The van der Waals surface area contributed by atoms with Gasteiger partial charge in [0.2, 0.25) is 0 Å². The van der Waals surface area contributed by atoms with Gasteiger partial charge in [-0.05, 0) is 42.4 Å². The highest BCUT2D eigenvalue weighted by Gasteiger charge is 2.05. The van der Waals surface area contributed by atoms with Crippen molar-refractivity contribution in [2.45, 2.75) is 63.9 Å². The SMILES string of the molecule is CCCSC(CC)CCCSC(C)C. The minimum atomic E-state index is 0.804. The van der Waals surface area contributed by atoms with E-state index in [2.05, 4.69) is 51.2 Å². The molecule has 0 fully saturated rings. The molecule has 0 saturated carbocycles. The Bertz CT molecular complexity index is 113. The molecule has 14 heavy (non-hydrogen) atoms. The molecule has 0 radical (unpaired) electrons. The lowest BCUT2D eigenvalue weighted by molar-refractivity contribution is 0.723. The van der Waals surface area contributed by atoms with Crippen LogP contribution in [-0.2, 0) is 0 Å². The predicted molar refractivity (Wildman–Crippen MR) is 73.7 cm³/mol. The van der Waals surface area contributed by atoms with E-state index in [1.54, 1.807) is 0 Å². The molecule has 1 atom stereocenters. The fourth-order valence-corrected chi connectivity index (χ4v) is 3.26. The second-order valence-corrected chi connectivity index (χ2v) is 7.06. The highest BCUT2D eigenvalue weighted by molar-refractivity contribution is 8.00. The van der Waals surface area contributed by atoms with Crippen molar-refractivity contribution in [2.75, 3.05) is 11.5 Å². The zero-order valence-electron chi connectivity index (χ0n) is 10.2. The van der Waals surface area contributed by atoms with Gasteiger partial charge in [-0.25, -0.2) is 0 Å². The van der Waals surface area contributed by atoms with Gasteiger partial charge in [-0.3, -0.25) is 0 Å². The molecule has 0 nitrogen and oxygen atoms in total. The van der Waals surface area contributed by atoms with Crippen molar-refractivity contribution in [3.8, 4) is 0 Å². The summed E-state index contributed by atoms with van der Waals surface area (Å²) in [6.07, 6.45) is 5.48. The van der Waals surface area contributed by atoms with Crippen LogP contribution >= 0.6 is 23.5 Å². The topological polar surface area (TPSA) is 0 Å². The number of thioether (sulfide) groups is 2. The summed E-state index contributed by atoms with van der Waals surface area (Å²) in [4.78, 5) is 0. The Kier molecular flexibility index (Phi) is 10.7. The number of hydrogen-bond donors (Lipinski definition) is 0. The molecule has 1 unspecified atom stereocenters. The molecule has 0 heterocycles. The molecule has 0 N–H and O–H groups in total. The third-order valence-electron chi connectivity index (χ3n) is 2.13. The van der Waals surface area contributed by atoms with Crippen molar-refractivity contribution in [1.82, 2.24) is 0 Å². The second kappa shape index (κ2) is 10.2. The molecule has 86 valence electrons. The molecule has 0 bridgehead atoms. The van der Waals surface area contributed by atoms with Crippen LogP contribution in [0, 0.1) is 0 Å². The summed E-state index contributed by atoms with van der Waals surface area (Å²) >= 11 is 4.27. The van der Waals surface area contributed by atoms with E-state index >= 15 is 0 Å². The Morgan fingerprint density at radius 1 is 1.00 bits per heavy atom. The Labute approximate surface area is 99.0 Å². The third kappa shape index (κ3) is 9.26. The van der Waals surface area contributed by atoms with E-state index in [-0.39, 0.29) is 0 Å². The smallest absolute Gasteiger partial charge is 0.00447 e. The summed E-state index contributed by atoms with van der Waals surface area (Å²) in [6.45, 7) is 9.17. The minimum Gasteiger partial charge on any atom is -0.159 e. The summed E-state index contributed by atoms with van der Waals surface area (Å²) in [5, 5.41) is 1.72. The zero-order chi connectivity index (χ0) is 10.8. The molecule has 0 amide bonds. The lowest BCUT2D eigenvalue weighted by Crippen LogP contribution is -2.03. The van der Waals surface area contributed by atoms with E-state index in [9.17, 15) is 0 Å². The fourth-order valence-electron chi connectivity index (χ4n) is 1.32. The lowest BCUT2D eigenvalue weighted by atomic mass is 10.2. The summed E-state index contributed by atoms with van der Waals surface area (Å²) < 4.78 is 0. The molecule has 2 heteroatoms. The average Bonchev–Trinajstić information content (AvgIpc) is 2.16. The normalized spacial score (nSPS) is 13.5. The first kappa shape index (κ1) is 14.7. The van der Waals surface area contributed by atoms with Crippen LogP contribution in [0.4, 0.5) is 0 Å². The molecule has 0 aliphatic heterocycles. The van der Waals surface area contributed by atoms with Gasteiger partial charge in [0.1, 0.15) is 0 Å². The Hall–Kier alpha value is 0.700. The summed E-state index contributed by atoms with van der Waals surface area (Å²) in [5.74, 6) is 2.69. The van der Waals surface area contributed by atoms with Crippen LogP contribution in [0.3, 0.4) is 0 Å². The van der Waals surface area contributed by atoms with E-state index in [0.717, 1.165) is 10.5 Å². The Balaban J connectivity index is 3.33. The maximum atomic E-state index is 2.32. The Morgan fingerprint density at radius 2 is 1.71 bits per heavy atom. The van der Waals surface area contributed by atoms with Gasteiger partial charge in [-0.1, -0.05) is 27.7 Å². The molecule has 0 aromatic carbocycles. The summed E-state index contributed by atoms with van der Waals surface area (Å²) in [5.41, 5.74) is 0. The van der Waals surface area contributed by atoms with E-state index in [4.69, 9.17) is 0 Å². The van der Waals surface area contributed by atoms with Crippen LogP contribution in [0.15, 0.2) is 0 Å². The number of hydrogen-bond acceptors (Lipinski definition) is 2. The van der Waals surface area contributed by atoms with Crippen molar-refractivity contribution in [2.24, 2.45) is 0 Å². The van der Waals surface area contributed by atoms with Gasteiger partial charge in [-0.15, -0.1) is 0 Å². The monoisotopic (exact) mass is 234 g/mol. The van der Waals surface area contributed by atoms with Crippen LogP contribution in [0.2, 0.25) is 0 Å². The molecular formula is C12H26S2. The standard InChI is InChI=1S/C12H26S2/c1-5-9-14-12(6-2)8-7-10-13-11(3)4/h11-12H,5-10H2,1-4H3. The zero-order valence-corrected chi connectivity index (χ0v) is 11.8.